The van der Waals surface area contributed by atoms with E-state index >= 15 is 0 Å². The lowest BCUT2D eigenvalue weighted by molar-refractivity contribution is -0.142. The number of carboxylic acid groups (broad SMARTS) is 1. The number of carbonyl (C=O) groups excluding carboxylic acids is 1. The highest BCUT2D eigenvalue weighted by molar-refractivity contribution is 8.23. The largest absolute Gasteiger partial charge is 0.481 e. The Labute approximate surface area is 316 Å². The molecule has 0 radical (unpaired) electrons. The highest BCUT2D eigenvalue weighted by atomic mass is 32.2. The third-order valence-electron chi connectivity index (χ3n) is 15.3. The fourth-order valence-corrected chi connectivity index (χ4v) is 15.9. The summed E-state index contributed by atoms with van der Waals surface area (Å²) >= 11 is 11.5. The van der Waals surface area contributed by atoms with Crippen molar-refractivity contribution in [2.45, 2.75) is 129 Å². The molecule has 0 amide bonds. The molecule has 9 heteroatoms. The molecule has 0 spiro atoms. The molecule has 6 nitrogen and oxygen atoms in total. The van der Waals surface area contributed by atoms with E-state index in [4.69, 9.17) is 18.0 Å². The summed E-state index contributed by atoms with van der Waals surface area (Å²) in [7, 11) is 0. The minimum atomic E-state index is -0.915. The first-order valence-corrected chi connectivity index (χ1v) is 22.1. The van der Waals surface area contributed by atoms with Gasteiger partial charge in [0.1, 0.15) is 10.1 Å². The molecule has 12 rings (SSSR count). The monoisotopic (exact) mass is 741 g/mol. The summed E-state index contributed by atoms with van der Waals surface area (Å²) in [6.45, 7) is 4.31. The Kier molecular flexibility index (Phi) is 11.6. The van der Waals surface area contributed by atoms with E-state index in [0.717, 1.165) is 72.9 Å². The van der Waals surface area contributed by atoms with Crippen LogP contribution in [0.2, 0.25) is 0 Å². The van der Waals surface area contributed by atoms with E-state index in [2.05, 4.69) is 27.7 Å². The maximum atomic E-state index is 11.2. The summed E-state index contributed by atoms with van der Waals surface area (Å²) in [6.07, 6.45) is 26.2. The van der Waals surface area contributed by atoms with E-state index in [1.165, 1.54) is 134 Å². The van der Waals surface area contributed by atoms with Gasteiger partial charge in [-0.3, -0.25) is 4.79 Å². The number of hydrogen-bond donors (Lipinski definition) is 3. The molecule has 0 aromatic heterocycles. The Balaban J connectivity index is 0.000000127. The van der Waals surface area contributed by atoms with Crippen LogP contribution in [0.4, 0.5) is 0 Å². The highest BCUT2D eigenvalue weighted by Crippen LogP contribution is 2.62. The maximum Gasteiger partial charge on any atom is 0.307 e. The van der Waals surface area contributed by atoms with Crippen LogP contribution in [0.1, 0.15) is 129 Å². The van der Waals surface area contributed by atoms with Crippen LogP contribution in [0.25, 0.3) is 0 Å². The number of carbonyl (C=O) groups is 2. The lowest BCUT2D eigenvalue weighted by Crippen LogP contribution is -2.50. The molecule has 12 aliphatic carbocycles. The zero-order valence-corrected chi connectivity index (χ0v) is 33.0. The number of nitrogens with two attached hydrogens (primary N) is 1. The van der Waals surface area contributed by atoms with Gasteiger partial charge in [0.25, 0.3) is 0 Å². The number of thioether (sulfide) groups is 1. The first kappa shape index (κ1) is 37.5. The Bertz CT molecular complexity index is 1220. The second kappa shape index (κ2) is 15.5. The van der Waals surface area contributed by atoms with E-state index in [9.17, 15) is 14.7 Å². The fraction of sp³-hybridized carbons (Fsp3) is 0.902. The number of nitrogens with zero attached hydrogens (tertiary/aromatic N) is 1. The third-order valence-corrected chi connectivity index (χ3v) is 16.9. The number of aliphatic carboxylic acids is 1. The van der Waals surface area contributed by atoms with Crippen LogP contribution in [0.5, 0.6) is 0 Å². The molecule has 1 atom stereocenters. The van der Waals surface area contributed by atoms with Crippen molar-refractivity contribution in [3.05, 3.63) is 0 Å². The molecule has 0 aliphatic heterocycles. The maximum absolute atomic E-state index is 11.2. The van der Waals surface area contributed by atoms with Gasteiger partial charge in [0.05, 0.1) is 17.6 Å². The first-order valence-electron chi connectivity index (χ1n) is 20.3. The topological polar surface area (TPSA) is 105 Å². The van der Waals surface area contributed by atoms with Crippen molar-refractivity contribution in [3.8, 4) is 0 Å². The minimum absolute atomic E-state index is 0.0833. The van der Waals surface area contributed by atoms with Gasteiger partial charge in [-0.05, 0) is 211 Å². The third kappa shape index (κ3) is 8.74. The molecule has 278 valence electrons. The van der Waals surface area contributed by atoms with E-state index in [1.807, 2.05) is 0 Å². The van der Waals surface area contributed by atoms with Crippen LogP contribution >= 0.6 is 36.2 Å². The predicted octanol–water partition coefficient (Wildman–Crippen LogP) is 8.96. The number of carboxylic acids is 1. The van der Waals surface area contributed by atoms with Crippen molar-refractivity contribution in [2.24, 2.45) is 86.2 Å². The van der Waals surface area contributed by atoms with Crippen molar-refractivity contribution < 1.29 is 14.7 Å². The van der Waals surface area contributed by atoms with Crippen molar-refractivity contribution in [2.75, 3.05) is 25.4 Å². The number of Topliss-reactive ketones (excluding diaryl/α,β-unsaturated/α-hetero) is 1. The van der Waals surface area contributed by atoms with Gasteiger partial charge in [0.15, 0.2) is 0 Å². The van der Waals surface area contributed by atoms with Crippen LogP contribution < -0.4 is 11.1 Å². The van der Waals surface area contributed by atoms with Crippen molar-refractivity contribution in [1.82, 2.24) is 5.32 Å². The number of aliphatic imine (C=N–C) groups is 1. The Morgan fingerprint density at radius 2 is 1.14 bits per heavy atom. The summed E-state index contributed by atoms with van der Waals surface area (Å²) in [5.41, 5.74) is 7.53. The Morgan fingerprint density at radius 1 is 0.760 bits per heavy atom. The molecule has 12 aliphatic rings. The van der Waals surface area contributed by atoms with E-state index in [1.54, 1.807) is 0 Å². The molecular formula is C41H63N3O3S3. The summed E-state index contributed by atoms with van der Waals surface area (Å²) in [4.78, 5) is 26.6. The summed E-state index contributed by atoms with van der Waals surface area (Å²) < 4.78 is 0.681. The van der Waals surface area contributed by atoms with E-state index < -0.39 is 11.9 Å². The Hall–Kier alpha value is -0.860. The molecule has 0 heterocycles. The van der Waals surface area contributed by atoms with Gasteiger partial charge in [0.2, 0.25) is 0 Å². The quantitative estimate of drug-likeness (QED) is 0.151. The molecular weight excluding hydrogens is 679 g/mol. The summed E-state index contributed by atoms with van der Waals surface area (Å²) in [5.74, 6) is 7.78. The number of thiocarbonyl (C=S) groups is 2. The number of ketones is 1. The lowest BCUT2D eigenvalue weighted by Gasteiger charge is -2.57. The van der Waals surface area contributed by atoms with Crippen LogP contribution in [0.15, 0.2) is 4.99 Å². The molecule has 12 bridgehead atoms. The van der Waals surface area contributed by atoms with Crippen LogP contribution in [-0.2, 0) is 9.59 Å². The second-order valence-corrected chi connectivity index (χ2v) is 21.6. The van der Waals surface area contributed by atoms with E-state index in [0.29, 0.717) is 26.3 Å². The molecule has 0 aromatic rings. The smallest absolute Gasteiger partial charge is 0.307 e. The average Bonchev–Trinajstić information content (AvgIpc) is 3.03. The first-order chi connectivity index (χ1) is 23.9. The molecule has 0 saturated heterocycles. The van der Waals surface area contributed by atoms with Crippen LogP contribution in [-0.4, -0.2) is 51.7 Å². The lowest BCUT2D eigenvalue weighted by atomic mass is 9.49. The zero-order chi connectivity index (χ0) is 35.1. The van der Waals surface area contributed by atoms with Crippen LogP contribution in [0.3, 0.4) is 0 Å². The van der Waals surface area contributed by atoms with E-state index in [-0.39, 0.29) is 12.2 Å². The number of nitrogens with one attached hydrogen (secondary N) is 1. The highest BCUT2D eigenvalue weighted by Gasteiger charge is 2.52. The summed E-state index contributed by atoms with van der Waals surface area (Å²) in [6, 6.07) is 0. The normalized spacial score (nSPS) is 43.9. The second-order valence-electron chi connectivity index (χ2n) is 19.8. The van der Waals surface area contributed by atoms with Crippen molar-refractivity contribution in [1.29, 1.82) is 0 Å². The molecule has 1 unspecified atom stereocenters. The number of isothiocyanates is 1. The molecule has 4 N–H and O–H groups in total. The predicted molar refractivity (Wildman–Crippen MR) is 210 cm³/mol. The number of hydrogen-bond acceptors (Lipinski definition) is 7. The molecule has 12 fully saturated rings. The Morgan fingerprint density at radius 3 is 1.48 bits per heavy atom. The van der Waals surface area contributed by atoms with Gasteiger partial charge in [0, 0.05) is 18.7 Å². The minimum Gasteiger partial charge on any atom is -0.481 e. The average molecular weight is 742 g/mol. The number of rotatable bonds is 10. The van der Waals surface area contributed by atoms with Gasteiger partial charge in [-0.1, -0.05) is 24.0 Å². The van der Waals surface area contributed by atoms with Crippen molar-refractivity contribution in [3.63, 3.8) is 0 Å². The van der Waals surface area contributed by atoms with Gasteiger partial charge in [-0.2, -0.15) is 0 Å². The molecule has 50 heavy (non-hydrogen) atoms. The van der Waals surface area contributed by atoms with Gasteiger partial charge in [-0.15, -0.1) is 0 Å². The van der Waals surface area contributed by atoms with Gasteiger partial charge < -0.3 is 21.0 Å². The molecule has 12 saturated carbocycles. The fourth-order valence-electron chi connectivity index (χ4n) is 14.8. The SMILES string of the molecule is CC(=O)CC(CSC(=S)NCC12CC3CC(CC(C3)C1)C2)C(=O)O.NCC12CC3CC(CC(C3)C1)C2.S=C=NCC12CC3CC(CC(C3)C1)C2. The zero-order valence-electron chi connectivity index (χ0n) is 30.5. The molecule has 0 aromatic carbocycles. The van der Waals surface area contributed by atoms with Gasteiger partial charge in [-0.25, -0.2) is 4.99 Å². The van der Waals surface area contributed by atoms with Crippen molar-refractivity contribution >= 4 is 57.4 Å². The standard InChI is InChI=1S/C18H27NO3S2.C12H17NS.C11H19N/c1-11(20)2-15(16(21)22)9-24-17(23)19-10-18-6-12-3-13(7-18)5-14(4-12)8-18;14-8-13-7-12-4-9-1-10(5-12)3-11(2-9)6-12;12-7-11-4-8-1-9(5-11)3-10(2-8)6-11/h12-15H,2-10H2,1H3,(H,19,23)(H,21,22);9-11H,1-7H2;8-10H,1-7,12H2. The summed E-state index contributed by atoms with van der Waals surface area (Å²) in [5, 5.41) is 15.1. The van der Waals surface area contributed by atoms with Gasteiger partial charge >= 0.3 is 5.97 Å². The van der Waals surface area contributed by atoms with Crippen LogP contribution in [0, 0.1) is 75.4 Å².